The minimum atomic E-state index is -0.683. The third-order valence-corrected chi connectivity index (χ3v) is 8.57. The maximum atomic E-state index is 13.7. The van der Waals surface area contributed by atoms with Crippen LogP contribution in [-0.4, -0.2) is 16.7 Å². The molecule has 2 unspecified atom stereocenters. The molecule has 1 aliphatic heterocycles. The molecule has 0 radical (unpaired) electrons. The van der Waals surface area contributed by atoms with E-state index < -0.39 is 5.60 Å². The first kappa shape index (κ1) is 30.2. The summed E-state index contributed by atoms with van der Waals surface area (Å²) < 4.78 is 6.29. The molecule has 0 spiro atoms. The average molecular weight is 574 g/mol. The minimum absolute atomic E-state index is 0.181. The minimum Gasteiger partial charge on any atom is -0.512 e. The van der Waals surface area contributed by atoms with Crippen molar-refractivity contribution in [1.29, 1.82) is 0 Å². The van der Waals surface area contributed by atoms with Gasteiger partial charge in [0.25, 0.3) is 0 Å². The molecule has 4 heteroatoms. The van der Waals surface area contributed by atoms with Crippen LogP contribution in [0.3, 0.4) is 0 Å². The van der Waals surface area contributed by atoms with E-state index in [4.69, 9.17) is 4.74 Å². The van der Waals surface area contributed by atoms with Gasteiger partial charge >= 0.3 is 5.97 Å². The van der Waals surface area contributed by atoms with Crippen LogP contribution in [0, 0.1) is 0 Å². The van der Waals surface area contributed by atoms with Crippen molar-refractivity contribution in [3.05, 3.63) is 149 Å². The van der Waals surface area contributed by atoms with Crippen molar-refractivity contribution in [3.63, 3.8) is 0 Å². The highest BCUT2D eigenvalue weighted by molar-refractivity contribution is 5.92. The van der Waals surface area contributed by atoms with Gasteiger partial charge in [-0.1, -0.05) is 123 Å². The second-order valence-corrected chi connectivity index (χ2v) is 11.7. The van der Waals surface area contributed by atoms with Crippen LogP contribution in [-0.2, 0) is 29.0 Å². The number of aliphatic hydroxyl groups is 1. The lowest BCUT2D eigenvalue weighted by Crippen LogP contribution is -2.41. The molecule has 0 aliphatic carbocycles. The van der Waals surface area contributed by atoms with Gasteiger partial charge in [0.2, 0.25) is 0 Å². The van der Waals surface area contributed by atoms with Gasteiger partial charge in [-0.2, -0.15) is 0 Å². The molecule has 2 atom stereocenters. The van der Waals surface area contributed by atoms with Gasteiger partial charge in [-0.15, -0.1) is 0 Å². The summed E-state index contributed by atoms with van der Waals surface area (Å²) >= 11 is 0. The molecule has 1 aliphatic rings. The standard InChI is InChI=1S/C39H43NO3/c1-3-24-39(25-23-30-15-8-5-9-16-30)27-36(41)37(38(42)43-39)35(4-2)33-21-14-22-34(26-33)40(28-31-17-10-6-11-18-31)29-32-19-12-7-13-20-32/h5-22,26,35,41H,3-4,23-25,27-29H2,1-2H3. The SMILES string of the molecule is CCCC1(CCc2ccccc2)CC(O)=C(C(CC)c2cccc(N(Cc3ccccc3)Cc3ccccc3)c2)C(=O)O1. The Labute approximate surface area is 256 Å². The summed E-state index contributed by atoms with van der Waals surface area (Å²) in [6.07, 6.45) is 4.13. The van der Waals surface area contributed by atoms with E-state index in [-0.39, 0.29) is 17.6 Å². The van der Waals surface area contributed by atoms with Crippen molar-refractivity contribution in [2.24, 2.45) is 0 Å². The number of nitrogens with zero attached hydrogens (tertiary/aromatic N) is 1. The Hall–Kier alpha value is -4.31. The first-order chi connectivity index (χ1) is 21.0. The lowest BCUT2D eigenvalue weighted by atomic mass is 9.80. The Kier molecular flexibility index (Phi) is 9.99. The predicted octanol–water partition coefficient (Wildman–Crippen LogP) is 9.32. The van der Waals surface area contributed by atoms with Crippen molar-refractivity contribution in [2.45, 2.75) is 77.0 Å². The van der Waals surface area contributed by atoms with Crippen molar-refractivity contribution in [3.8, 4) is 0 Å². The summed E-state index contributed by atoms with van der Waals surface area (Å²) in [5.41, 5.74) is 5.49. The summed E-state index contributed by atoms with van der Waals surface area (Å²) in [6.45, 7) is 5.69. The summed E-state index contributed by atoms with van der Waals surface area (Å²) in [5, 5.41) is 11.5. The maximum absolute atomic E-state index is 13.7. The van der Waals surface area contributed by atoms with Crippen molar-refractivity contribution in [2.75, 3.05) is 4.90 Å². The third kappa shape index (κ3) is 7.56. The number of cyclic esters (lactones) is 1. The second-order valence-electron chi connectivity index (χ2n) is 11.7. The Morgan fingerprint density at radius 2 is 1.35 bits per heavy atom. The Morgan fingerprint density at radius 3 is 1.88 bits per heavy atom. The lowest BCUT2D eigenvalue weighted by molar-refractivity contribution is -0.161. The van der Waals surface area contributed by atoms with E-state index >= 15 is 0 Å². The lowest BCUT2D eigenvalue weighted by Gasteiger charge is -2.39. The molecule has 5 rings (SSSR count). The number of benzene rings is 4. The molecular formula is C39H43NO3. The highest BCUT2D eigenvalue weighted by Gasteiger charge is 2.43. The number of aryl methyl sites for hydroxylation is 1. The van der Waals surface area contributed by atoms with Crippen molar-refractivity contribution in [1.82, 2.24) is 0 Å². The quantitative estimate of drug-likeness (QED) is 0.162. The molecular weight excluding hydrogens is 530 g/mol. The van der Waals surface area contributed by atoms with Crippen LogP contribution in [0.2, 0.25) is 0 Å². The van der Waals surface area contributed by atoms with E-state index in [1.54, 1.807) is 0 Å². The summed E-state index contributed by atoms with van der Waals surface area (Å²) in [4.78, 5) is 16.1. The summed E-state index contributed by atoms with van der Waals surface area (Å²) in [5.74, 6) is -0.454. The van der Waals surface area contributed by atoms with Gasteiger partial charge in [0.15, 0.2) is 0 Å². The number of hydrogen-bond donors (Lipinski definition) is 1. The van der Waals surface area contributed by atoms with E-state index in [9.17, 15) is 9.90 Å². The number of hydrogen-bond acceptors (Lipinski definition) is 4. The molecule has 1 N–H and O–H groups in total. The van der Waals surface area contributed by atoms with Gasteiger partial charge in [-0.3, -0.25) is 0 Å². The molecule has 1 heterocycles. The number of aliphatic hydroxyl groups excluding tert-OH is 1. The average Bonchev–Trinajstić information content (AvgIpc) is 3.03. The van der Waals surface area contributed by atoms with E-state index in [2.05, 4.69) is 104 Å². The Bertz CT molecular complexity index is 1460. The van der Waals surface area contributed by atoms with Crippen LogP contribution in [0.1, 0.15) is 74.1 Å². The highest BCUT2D eigenvalue weighted by Crippen LogP contribution is 2.42. The third-order valence-electron chi connectivity index (χ3n) is 8.57. The van der Waals surface area contributed by atoms with Crippen LogP contribution in [0.5, 0.6) is 0 Å². The highest BCUT2D eigenvalue weighted by atomic mass is 16.6. The number of carbonyl (C=O) groups is 1. The number of ether oxygens (including phenoxy) is 1. The molecule has 4 aromatic carbocycles. The molecule has 0 aromatic heterocycles. The summed E-state index contributed by atoms with van der Waals surface area (Å²) in [7, 11) is 0. The zero-order valence-electron chi connectivity index (χ0n) is 25.4. The predicted molar refractivity (Wildman–Crippen MR) is 175 cm³/mol. The van der Waals surface area contributed by atoms with Gasteiger partial charge in [0, 0.05) is 31.1 Å². The van der Waals surface area contributed by atoms with Crippen LogP contribution in [0.4, 0.5) is 5.69 Å². The molecule has 222 valence electrons. The molecule has 4 aromatic rings. The second kappa shape index (κ2) is 14.2. The van der Waals surface area contributed by atoms with Crippen LogP contribution in [0.25, 0.3) is 0 Å². The van der Waals surface area contributed by atoms with Gasteiger partial charge in [-0.25, -0.2) is 4.79 Å². The van der Waals surface area contributed by atoms with Gasteiger partial charge < -0.3 is 14.7 Å². The first-order valence-electron chi connectivity index (χ1n) is 15.6. The zero-order valence-corrected chi connectivity index (χ0v) is 25.4. The smallest absolute Gasteiger partial charge is 0.338 e. The first-order valence-corrected chi connectivity index (χ1v) is 15.6. The van der Waals surface area contributed by atoms with E-state index in [0.717, 1.165) is 43.6 Å². The zero-order chi connectivity index (χ0) is 30.1. The van der Waals surface area contributed by atoms with Crippen molar-refractivity contribution < 1.29 is 14.6 Å². The Balaban J connectivity index is 1.42. The maximum Gasteiger partial charge on any atom is 0.338 e. The number of anilines is 1. The van der Waals surface area contributed by atoms with E-state index in [0.29, 0.717) is 24.8 Å². The molecule has 4 nitrogen and oxygen atoms in total. The molecule has 0 bridgehead atoms. The van der Waals surface area contributed by atoms with Gasteiger partial charge in [0.05, 0.1) is 5.57 Å². The topological polar surface area (TPSA) is 49.8 Å². The van der Waals surface area contributed by atoms with E-state index in [1.807, 2.05) is 30.3 Å². The number of rotatable bonds is 13. The number of esters is 1. The van der Waals surface area contributed by atoms with Crippen LogP contribution < -0.4 is 4.90 Å². The molecule has 0 fully saturated rings. The van der Waals surface area contributed by atoms with Gasteiger partial charge in [0.1, 0.15) is 11.4 Å². The fourth-order valence-corrected chi connectivity index (χ4v) is 6.42. The fourth-order valence-electron chi connectivity index (χ4n) is 6.42. The molecule has 0 amide bonds. The molecule has 0 saturated heterocycles. The monoisotopic (exact) mass is 573 g/mol. The molecule has 0 saturated carbocycles. The van der Waals surface area contributed by atoms with Crippen LogP contribution >= 0.6 is 0 Å². The van der Waals surface area contributed by atoms with Crippen molar-refractivity contribution >= 4 is 11.7 Å². The van der Waals surface area contributed by atoms with Gasteiger partial charge in [-0.05, 0) is 60.1 Å². The molecule has 43 heavy (non-hydrogen) atoms. The largest absolute Gasteiger partial charge is 0.512 e. The fraction of sp³-hybridized carbons (Fsp3) is 0.308. The number of carbonyl (C=O) groups excluding carboxylic acids is 1. The Morgan fingerprint density at radius 1 is 0.767 bits per heavy atom. The van der Waals surface area contributed by atoms with E-state index in [1.165, 1.54) is 16.7 Å². The van der Waals surface area contributed by atoms with Crippen LogP contribution in [0.15, 0.2) is 127 Å². The normalized spacial score (nSPS) is 17.4. The summed E-state index contributed by atoms with van der Waals surface area (Å²) in [6, 6.07) is 39.7.